The summed E-state index contributed by atoms with van der Waals surface area (Å²) in [5.74, 6) is 1.08. The molecule has 1 fully saturated rings. The van der Waals surface area contributed by atoms with E-state index < -0.39 is 0 Å². The summed E-state index contributed by atoms with van der Waals surface area (Å²) in [5, 5.41) is 7.97. The molecule has 6 nitrogen and oxygen atoms in total. The fourth-order valence-electron chi connectivity index (χ4n) is 3.45. The minimum Gasteiger partial charge on any atom is -0.338 e. The first-order valence-corrected chi connectivity index (χ1v) is 11.1. The fourth-order valence-corrected chi connectivity index (χ4v) is 4.24. The minimum absolute atomic E-state index is 0.0108. The van der Waals surface area contributed by atoms with Crippen LogP contribution in [0.25, 0.3) is 11.4 Å². The summed E-state index contributed by atoms with van der Waals surface area (Å²) in [6.45, 7) is 2.14. The van der Waals surface area contributed by atoms with Crippen molar-refractivity contribution in [2.45, 2.75) is 19.4 Å². The maximum absolute atomic E-state index is 12.6. The van der Waals surface area contributed by atoms with Crippen LogP contribution in [0.1, 0.15) is 18.7 Å². The van der Waals surface area contributed by atoms with Crippen LogP contribution in [0.4, 0.5) is 5.69 Å². The summed E-state index contributed by atoms with van der Waals surface area (Å²) in [6.07, 6.45) is 1.52. The number of carbonyl (C=O) groups is 1. The van der Waals surface area contributed by atoms with Crippen molar-refractivity contribution in [3.8, 4) is 11.4 Å². The van der Waals surface area contributed by atoms with Gasteiger partial charge in [-0.2, -0.15) is 4.98 Å². The molecule has 1 N–H and O–H groups in total. The Kier molecular flexibility index (Phi) is 6.73. The lowest BCUT2D eigenvalue weighted by atomic mass is 9.96. The average Bonchev–Trinajstić information content (AvgIpc) is 3.16. The number of carbonyl (C=O) groups excluding carboxylic acids is 1. The van der Waals surface area contributed by atoms with E-state index in [1.165, 1.54) is 0 Å². The number of likely N-dealkylation sites (tertiary alicyclic amines) is 1. The Hall–Kier alpha value is -1.93. The van der Waals surface area contributed by atoms with Crippen molar-refractivity contribution in [3.63, 3.8) is 0 Å². The standard InChI is InChI=1S/C21H19BrCl2N4O2/c22-15-3-1-13(2-4-15)20-26-19(30-27-20)12-28-7-5-14(6-8-28)21(29)25-18-10-16(23)9-17(24)11-18/h1-4,9-11,14H,5-8,12H2,(H,25,29). The Labute approximate surface area is 192 Å². The molecule has 1 aromatic heterocycles. The molecule has 156 valence electrons. The number of nitrogens with one attached hydrogen (secondary N) is 1. The van der Waals surface area contributed by atoms with Crippen LogP contribution in [0, 0.1) is 5.92 Å². The Balaban J connectivity index is 1.29. The van der Waals surface area contributed by atoms with E-state index in [1.807, 2.05) is 24.3 Å². The van der Waals surface area contributed by atoms with Gasteiger partial charge in [-0.05, 0) is 68.4 Å². The van der Waals surface area contributed by atoms with Gasteiger partial charge in [-0.25, -0.2) is 0 Å². The summed E-state index contributed by atoms with van der Waals surface area (Å²) < 4.78 is 6.41. The summed E-state index contributed by atoms with van der Waals surface area (Å²) >= 11 is 15.4. The first-order chi connectivity index (χ1) is 14.5. The predicted octanol–water partition coefficient (Wildman–Crippen LogP) is 5.66. The van der Waals surface area contributed by atoms with Crippen LogP contribution >= 0.6 is 39.1 Å². The van der Waals surface area contributed by atoms with E-state index >= 15 is 0 Å². The van der Waals surface area contributed by atoms with Crippen molar-refractivity contribution in [2.24, 2.45) is 5.92 Å². The van der Waals surface area contributed by atoms with Gasteiger partial charge in [-0.15, -0.1) is 0 Å². The highest BCUT2D eigenvalue weighted by molar-refractivity contribution is 9.10. The van der Waals surface area contributed by atoms with Gasteiger partial charge in [-0.3, -0.25) is 9.69 Å². The molecule has 1 aliphatic heterocycles. The third-order valence-corrected chi connectivity index (χ3v) is 5.98. The third kappa shape index (κ3) is 5.40. The maximum Gasteiger partial charge on any atom is 0.241 e. The van der Waals surface area contributed by atoms with Crippen molar-refractivity contribution in [1.82, 2.24) is 15.0 Å². The number of anilines is 1. The number of nitrogens with zero attached hydrogens (tertiary/aromatic N) is 3. The van der Waals surface area contributed by atoms with Gasteiger partial charge in [0.25, 0.3) is 0 Å². The van der Waals surface area contributed by atoms with Crippen LogP contribution in [0.2, 0.25) is 10.0 Å². The van der Waals surface area contributed by atoms with Crippen molar-refractivity contribution in [3.05, 3.63) is 62.9 Å². The van der Waals surface area contributed by atoms with Crippen molar-refractivity contribution in [1.29, 1.82) is 0 Å². The highest BCUT2D eigenvalue weighted by atomic mass is 79.9. The predicted molar refractivity (Wildman–Crippen MR) is 121 cm³/mol. The smallest absolute Gasteiger partial charge is 0.241 e. The van der Waals surface area contributed by atoms with Crippen LogP contribution in [0.5, 0.6) is 0 Å². The molecule has 30 heavy (non-hydrogen) atoms. The zero-order chi connectivity index (χ0) is 21.1. The molecule has 1 saturated heterocycles. The zero-order valence-corrected chi connectivity index (χ0v) is 19.0. The van der Waals surface area contributed by atoms with Gasteiger partial charge in [0.1, 0.15) is 0 Å². The van der Waals surface area contributed by atoms with Gasteiger partial charge in [0, 0.05) is 31.7 Å². The van der Waals surface area contributed by atoms with Gasteiger partial charge < -0.3 is 9.84 Å². The monoisotopic (exact) mass is 508 g/mol. The van der Waals surface area contributed by atoms with E-state index in [4.69, 9.17) is 27.7 Å². The van der Waals surface area contributed by atoms with Crippen LogP contribution in [0.15, 0.2) is 51.5 Å². The lowest BCUT2D eigenvalue weighted by Crippen LogP contribution is -2.37. The second-order valence-corrected chi connectivity index (χ2v) is 9.00. The van der Waals surface area contributed by atoms with E-state index in [0.717, 1.165) is 36.0 Å². The van der Waals surface area contributed by atoms with E-state index in [0.29, 0.717) is 34.0 Å². The normalized spacial score (nSPS) is 15.3. The molecule has 3 aromatic rings. The molecule has 9 heteroatoms. The third-order valence-electron chi connectivity index (χ3n) is 5.02. The molecule has 2 aromatic carbocycles. The van der Waals surface area contributed by atoms with Gasteiger partial charge >= 0.3 is 0 Å². The number of hydrogen-bond donors (Lipinski definition) is 1. The van der Waals surface area contributed by atoms with E-state index in [9.17, 15) is 4.79 Å². The second kappa shape index (κ2) is 9.47. The molecule has 1 amide bonds. The molecule has 0 radical (unpaired) electrons. The number of hydrogen-bond acceptors (Lipinski definition) is 5. The average molecular weight is 510 g/mol. The van der Waals surface area contributed by atoms with Crippen molar-refractivity contribution < 1.29 is 9.32 Å². The number of amides is 1. The lowest BCUT2D eigenvalue weighted by Gasteiger charge is -2.30. The number of rotatable bonds is 5. The first kappa shape index (κ1) is 21.3. The molecule has 0 atom stereocenters. The summed E-state index contributed by atoms with van der Waals surface area (Å²) in [7, 11) is 0. The number of halogens is 3. The molecular formula is C21H19BrCl2N4O2. The van der Waals surface area contributed by atoms with Gasteiger partial charge in [0.15, 0.2) is 0 Å². The van der Waals surface area contributed by atoms with Crippen molar-refractivity contribution in [2.75, 3.05) is 18.4 Å². The van der Waals surface area contributed by atoms with Gasteiger partial charge in [0.05, 0.1) is 6.54 Å². The highest BCUT2D eigenvalue weighted by Crippen LogP contribution is 2.25. The summed E-state index contributed by atoms with van der Waals surface area (Å²) in [4.78, 5) is 19.3. The Morgan fingerprint density at radius 1 is 1.13 bits per heavy atom. The molecule has 1 aliphatic rings. The number of piperidine rings is 1. The molecular weight excluding hydrogens is 491 g/mol. The molecule has 0 unspecified atom stereocenters. The summed E-state index contributed by atoms with van der Waals surface area (Å²) in [5.41, 5.74) is 1.52. The van der Waals surface area contributed by atoms with Crippen molar-refractivity contribution >= 4 is 50.7 Å². The Morgan fingerprint density at radius 2 is 1.80 bits per heavy atom. The van der Waals surface area contributed by atoms with Gasteiger partial charge in [0.2, 0.25) is 17.6 Å². The van der Waals surface area contributed by atoms with Crippen LogP contribution in [-0.4, -0.2) is 34.0 Å². The Morgan fingerprint density at radius 3 is 2.47 bits per heavy atom. The largest absolute Gasteiger partial charge is 0.338 e. The van der Waals surface area contributed by atoms with Gasteiger partial charge in [-0.1, -0.05) is 44.3 Å². The molecule has 0 aliphatic carbocycles. The quantitative estimate of drug-likeness (QED) is 0.480. The molecule has 2 heterocycles. The zero-order valence-electron chi connectivity index (χ0n) is 15.9. The molecule has 0 spiro atoms. The van der Waals surface area contributed by atoms with Crippen LogP contribution < -0.4 is 5.32 Å². The first-order valence-electron chi connectivity index (χ1n) is 9.54. The maximum atomic E-state index is 12.6. The minimum atomic E-state index is -0.0555. The fraction of sp³-hybridized carbons (Fsp3) is 0.286. The molecule has 4 rings (SSSR count). The summed E-state index contributed by atoms with van der Waals surface area (Å²) in [6, 6.07) is 12.8. The van der Waals surface area contributed by atoms with E-state index in [2.05, 4.69) is 36.3 Å². The van der Waals surface area contributed by atoms with Crippen LogP contribution in [0.3, 0.4) is 0 Å². The highest BCUT2D eigenvalue weighted by Gasteiger charge is 2.26. The topological polar surface area (TPSA) is 71.3 Å². The van der Waals surface area contributed by atoms with E-state index in [-0.39, 0.29) is 11.8 Å². The number of aromatic nitrogens is 2. The Bertz CT molecular complexity index is 1010. The second-order valence-electron chi connectivity index (χ2n) is 7.22. The molecule has 0 bridgehead atoms. The molecule has 0 saturated carbocycles. The SMILES string of the molecule is O=C(Nc1cc(Cl)cc(Cl)c1)C1CCN(Cc2nc(-c3ccc(Br)cc3)no2)CC1. The van der Waals surface area contributed by atoms with Crippen LogP contribution in [-0.2, 0) is 11.3 Å². The number of benzene rings is 2. The lowest BCUT2D eigenvalue weighted by molar-refractivity contribution is -0.121. The van der Waals surface area contributed by atoms with E-state index in [1.54, 1.807) is 18.2 Å².